The number of hydrogen-bond donors (Lipinski definition) is 1. The van der Waals surface area contributed by atoms with Gasteiger partial charge in [0.2, 0.25) is 0 Å². The highest BCUT2D eigenvalue weighted by Gasteiger charge is 2.23. The van der Waals surface area contributed by atoms with Crippen LogP contribution in [0.1, 0.15) is 51.9 Å². The number of nitrogens with zero attached hydrogens (tertiary/aromatic N) is 1. The summed E-state index contributed by atoms with van der Waals surface area (Å²) in [6.45, 7) is 4.82. The van der Waals surface area contributed by atoms with E-state index < -0.39 is 0 Å². The molecule has 2 rings (SSSR count). The minimum Gasteiger partial charge on any atom is -0.312 e. The van der Waals surface area contributed by atoms with Gasteiger partial charge in [0.1, 0.15) is 0 Å². The molecule has 0 aromatic rings. The van der Waals surface area contributed by atoms with Crippen LogP contribution in [0.3, 0.4) is 0 Å². The van der Waals surface area contributed by atoms with Gasteiger partial charge in [-0.25, -0.2) is 0 Å². The summed E-state index contributed by atoms with van der Waals surface area (Å²) in [5, 5.41) is 3.76. The molecule has 0 amide bonds. The van der Waals surface area contributed by atoms with Crippen LogP contribution in [0, 0.1) is 5.92 Å². The van der Waals surface area contributed by atoms with E-state index in [2.05, 4.69) is 24.2 Å². The Morgan fingerprint density at radius 3 is 2.44 bits per heavy atom. The molecular formula is C14H28N2. The fourth-order valence-electron chi connectivity index (χ4n) is 3.06. The van der Waals surface area contributed by atoms with E-state index in [1.54, 1.807) is 0 Å². The minimum absolute atomic E-state index is 0.795. The molecule has 0 radical (unpaired) electrons. The lowest BCUT2D eigenvalue weighted by Gasteiger charge is -2.36. The van der Waals surface area contributed by atoms with Gasteiger partial charge in [0, 0.05) is 25.2 Å². The van der Waals surface area contributed by atoms with E-state index in [0.717, 1.165) is 18.0 Å². The number of likely N-dealkylation sites (N-methyl/N-ethyl adjacent to an activating group) is 1. The highest BCUT2D eigenvalue weighted by atomic mass is 15.1. The largest absolute Gasteiger partial charge is 0.312 e. The molecule has 2 nitrogen and oxygen atoms in total. The first-order chi connectivity index (χ1) is 7.77. The summed E-state index contributed by atoms with van der Waals surface area (Å²) < 4.78 is 0. The summed E-state index contributed by atoms with van der Waals surface area (Å²) in [7, 11) is 2.29. The summed E-state index contributed by atoms with van der Waals surface area (Å²) in [6, 6.07) is 1.69. The Morgan fingerprint density at radius 1 is 1.06 bits per heavy atom. The van der Waals surface area contributed by atoms with E-state index in [1.165, 1.54) is 58.0 Å². The maximum atomic E-state index is 3.76. The van der Waals surface area contributed by atoms with Crippen molar-refractivity contribution in [3.8, 4) is 0 Å². The molecule has 16 heavy (non-hydrogen) atoms. The third kappa shape index (κ3) is 3.21. The maximum Gasteiger partial charge on any atom is 0.0107 e. The smallest absolute Gasteiger partial charge is 0.0107 e. The molecular weight excluding hydrogens is 196 g/mol. The van der Waals surface area contributed by atoms with Crippen LogP contribution in [0.4, 0.5) is 0 Å². The molecule has 0 saturated heterocycles. The fourth-order valence-corrected chi connectivity index (χ4v) is 3.06. The van der Waals surface area contributed by atoms with E-state index in [9.17, 15) is 0 Å². The second-order valence-corrected chi connectivity index (χ2v) is 5.89. The van der Waals surface area contributed by atoms with Crippen LogP contribution in [-0.2, 0) is 0 Å². The standard InChI is InChI=1S/C14H28N2/c1-12-6-3-4-9-14(12)15-10-11-16(2)13-7-5-8-13/h12-15H,3-11H2,1-2H3. The average molecular weight is 224 g/mol. The van der Waals surface area contributed by atoms with Gasteiger partial charge in [-0.05, 0) is 38.6 Å². The zero-order valence-electron chi connectivity index (χ0n) is 11.0. The Hall–Kier alpha value is -0.0800. The van der Waals surface area contributed by atoms with Gasteiger partial charge >= 0.3 is 0 Å². The molecule has 0 aromatic carbocycles. The first-order valence-corrected chi connectivity index (χ1v) is 7.21. The van der Waals surface area contributed by atoms with Crippen molar-refractivity contribution in [2.75, 3.05) is 20.1 Å². The van der Waals surface area contributed by atoms with E-state index in [-0.39, 0.29) is 0 Å². The summed E-state index contributed by atoms with van der Waals surface area (Å²) in [4.78, 5) is 2.55. The normalized spacial score (nSPS) is 31.7. The fraction of sp³-hybridized carbons (Fsp3) is 1.00. The zero-order chi connectivity index (χ0) is 11.4. The average Bonchev–Trinajstić information content (AvgIpc) is 2.18. The molecule has 2 fully saturated rings. The van der Waals surface area contributed by atoms with Gasteiger partial charge < -0.3 is 10.2 Å². The van der Waals surface area contributed by atoms with Crippen molar-refractivity contribution in [2.45, 2.75) is 64.0 Å². The van der Waals surface area contributed by atoms with Crippen LogP contribution in [0.25, 0.3) is 0 Å². The van der Waals surface area contributed by atoms with Gasteiger partial charge in [0.05, 0.1) is 0 Å². The van der Waals surface area contributed by atoms with Crippen molar-refractivity contribution in [2.24, 2.45) is 5.92 Å². The third-order valence-corrected chi connectivity index (χ3v) is 4.68. The van der Waals surface area contributed by atoms with Crippen molar-refractivity contribution in [3.05, 3.63) is 0 Å². The summed E-state index contributed by atoms with van der Waals surface area (Å²) >= 11 is 0. The van der Waals surface area contributed by atoms with Crippen LogP contribution in [0.2, 0.25) is 0 Å². The van der Waals surface area contributed by atoms with Gasteiger partial charge in [-0.3, -0.25) is 0 Å². The molecule has 2 aliphatic rings. The Morgan fingerprint density at radius 2 is 1.81 bits per heavy atom. The Bertz CT molecular complexity index is 201. The van der Waals surface area contributed by atoms with Crippen molar-refractivity contribution in [1.82, 2.24) is 10.2 Å². The lowest BCUT2D eigenvalue weighted by Crippen LogP contribution is -2.44. The highest BCUT2D eigenvalue weighted by molar-refractivity contribution is 4.81. The highest BCUT2D eigenvalue weighted by Crippen LogP contribution is 2.24. The van der Waals surface area contributed by atoms with Crippen LogP contribution < -0.4 is 5.32 Å². The molecule has 0 aliphatic heterocycles. The van der Waals surface area contributed by atoms with Crippen LogP contribution in [-0.4, -0.2) is 37.1 Å². The Labute approximate surface area is 101 Å². The maximum absolute atomic E-state index is 3.76. The van der Waals surface area contributed by atoms with Gasteiger partial charge in [-0.2, -0.15) is 0 Å². The van der Waals surface area contributed by atoms with Crippen LogP contribution in [0.5, 0.6) is 0 Å². The van der Waals surface area contributed by atoms with E-state index >= 15 is 0 Å². The SMILES string of the molecule is CC1CCCCC1NCCN(C)C1CCC1. The summed E-state index contributed by atoms with van der Waals surface area (Å²) in [5.74, 6) is 0.891. The minimum atomic E-state index is 0.795. The predicted octanol–water partition coefficient (Wildman–Crippen LogP) is 2.64. The molecule has 0 heterocycles. The van der Waals surface area contributed by atoms with Crippen molar-refractivity contribution in [1.29, 1.82) is 0 Å². The second kappa shape index (κ2) is 6.02. The van der Waals surface area contributed by atoms with E-state index in [0.29, 0.717) is 0 Å². The first kappa shape index (κ1) is 12.4. The predicted molar refractivity (Wildman–Crippen MR) is 69.7 cm³/mol. The number of nitrogens with one attached hydrogen (secondary N) is 1. The van der Waals surface area contributed by atoms with Gasteiger partial charge in [-0.1, -0.05) is 26.2 Å². The summed E-state index contributed by atoms with van der Waals surface area (Å²) in [5.41, 5.74) is 0. The number of rotatable bonds is 5. The van der Waals surface area contributed by atoms with Crippen LogP contribution in [0.15, 0.2) is 0 Å². The Balaban J connectivity index is 1.59. The monoisotopic (exact) mass is 224 g/mol. The lowest BCUT2D eigenvalue weighted by molar-refractivity contribution is 0.155. The first-order valence-electron chi connectivity index (χ1n) is 7.21. The summed E-state index contributed by atoms with van der Waals surface area (Å²) in [6.07, 6.45) is 10.0. The quantitative estimate of drug-likeness (QED) is 0.772. The van der Waals surface area contributed by atoms with Crippen molar-refractivity contribution < 1.29 is 0 Å². The van der Waals surface area contributed by atoms with Gasteiger partial charge in [0.15, 0.2) is 0 Å². The van der Waals surface area contributed by atoms with Gasteiger partial charge in [-0.15, -0.1) is 0 Å². The molecule has 1 N–H and O–H groups in total. The molecule has 2 unspecified atom stereocenters. The molecule has 0 bridgehead atoms. The molecule has 2 heteroatoms. The van der Waals surface area contributed by atoms with Gasteiger partial charge in [0.25, 0.3) is 0 Å². The molecule has 2 saturated carbocycles. The van der Waals surface area contributed by atoms with E-state index in [4.69, 9.17) is 0 Å². The molecule has 0 spiro atoms. The van der Waals surface area contributed by atoms with Crippen molar-refractivity contribution >= 4 is 0 Å². The topological polar surface area (TPSA) is 15.3 Å². The molecule has 94 valence electrons. The third-order valence-electron chi connectivity index (χ3n) is 4.68. The van der Waals surface area contributed by atoms with Crippen molar-refractivity contribution in [3.63, 3.8) is 0 Å². The van der Waals surface area contributed by atoms with E-state index in [1.807, 2.05) is 0 Å². The molecule has 2 aliphatic carbocycles. The van der Waals surface area contributed by atoms with Crippen LogP contribution >= 0.6 is 0 Å². The number of hydrogen-bond acceptors (Lipinski definition) is 2. The lowest BCUT2D eigenvalue weighted by atomic mass is 9.86. The molecule has 2 atom stereocenters. The zero-order valence-corrected chi connectivity index (χ0v) is 11.0. The second-order valence-electron chi connectivity index (χ2n) is 5.89. The Kier molecular flexibility index (Phi) is 4.66. The molecule has 0 aromatic heterocycles.